The quantitative estimate of drug-likeness (QED) is 0.889. The van der Waals surface area contributed by atoms with Gasteiger partial charge in [-0.25, -0.2) is 4.98 Å². The lowest BCUT2D eigenvalue weighted by atomic mass is 10.0. The molecule has 0 fully saturated rings. The summed E-state index contributed by atoms with van der Waals surface area (Å²) in [5.74, 6) is 1.92. The zero-order valence-corrected chi connectivity index (χ0v) is 13.0. The van der Waals surface area contributed by atoms with E-state index >= 15 is 0 Å². The molecule has 3 nitrogen and oxygen atoms in total. The first-order valence-corrected chi connectivity index (χ1v) is 7.51. The minimum atomic E-state index is 0.804. The van der Waals surface area contributed by atoms with Crippen LogP contribution in [0.2, 0.25) is 0 Å². The molecule has 0 amide bonds. The molecule has 0 aliphatic rings. The molecule has 1 aromatic carbocycles. The molecular weight excluding hydrogens is 246 g/mol. The Labute approximate surface area is 121 Å². The molecule has 108 valence electrons. The number of rotatable bonds is 5. The van der Waals surface area contributed by atoms with Crippen LogP contribution in [0.15, 0.2) is 18.2 Å². The molecule has 2 N–H and O–H groups in total. The van der Waals surface area contributed by atoms with Crippen LogP contribution < -0.4 is 5.73 Å². The lowest BCUT2D eigenvalue weighted by Gasteiger charge is -2.08. The van der Waals surface area contributed by atoms with E-state index in [9.17, 15) is 0 Å². The Kier molecular flexibility index (Phi) is 4.48. The van der Waals surface area contributed by atoms with Crippen molar-refractivity contribution in [2.24, 2.45) is 0 Å². The van der Waals surface area contributed by atoms with E-state index < -0.39 is 0 Å². The Morgan fingerprint density at radius 2 is 1.85 bits per heavy atom. The van der Waals surface area contributed by atoms with Crippen molar-refractivity contribution in [1.82, 2.24) is 9.55 Å². The van der Waals surface area contributed by atoms with Crippen LogP contribution in [0.4, 0.5) is 5.82 Å². The smallest absolute Gasteiger partial charge is 0.131 e. The van der Waals surface area contributed by atoms with Gasteiger partial charge in [-0.05, 0) is 43.9 Å². The Bertz CT molecular complexity index is 597. The topological polar surface area (TPSA) is 43.8 Å². The fourth-order valence-corrected chi connectivity index (χ4v) is 2.50. The highest BCUT2D eigenvalue weighted by molar-refractivity contribution is 5.72. The molecule has 0 radical (unpaired) electrons. The maximum absolute atomic E-state index is 6.34. The predicted molar refractivity (Wildman–Crippen MR) is 85.8 cm³/mol. The first-order chi connectivity index (χ1) is 9.58. The summed E-state index contributed by atoms with van der Waals surface area (Å²) >= 11 is 0. The molecule has 0 unspecified atom stereocenters. The molecule has 0 saturated heterocycles. The third-order valence-electron chi connectivity index (χ3n) is 3.79. The zero-order valence-electron chi connectivity index (χ0n) is 13.0. The summed E-state index contributed by atoms with van der Waals surface area (Å²) in [4.78, 5) is 4.80. The Hall–Kier alpha value is -1.77. The SMILES string of the molecule is CCCc1nc(-c2ccc(C)c(C)c2)c(N)n1CCC. The van der Waals surface area contributed by atoms with Gasteiger partial charge in [0, 0.05) is 18.5 Å². The number of nitrogens with zero attached hydrogens (tertiary/aromatic N) is 2. The first-order valence-electron chi connectivity index (χ1n) is 7.51. The summed E-state index contributed by atoms with van der Waals surface area (Å²) in [6.07, 6.45) is 3.14. The lowest BCUT2D eigenvalue weighted by Crippen LogP contribution is -2.06. The average Bonchev–Trinajstić information content (AvgIpc) is 2.72. The van der Waals surface area contributed by atoms with E-state index in [2.05, 4.69) is 50.5 Å². The van der Waals surface area contributed by atoms with E-state index in [1.807, 2.05) is 0 Å². The highest BCUT2D eigenvalue weighted by Gasteiger charge is 2.15. The number of aryl methyl sites for hydroxylation is 3. The van der Waals surface area contributed by atoms with Crippen LogP contribution in [0.5, 0.6) is 0 Å². The first kappa shape index (κ1) is 14.6. The van der Waals surface area contributed by atoms with Crippen molar-refractivity contribution in [3.8, 4) is 11.3 Å². The molecule has 0 atom stereocenters. The van der Waals surface area contributed by atoms with Gasteiger partial charge in [0.15, 0.2) is 0 Å². The van der Waals surface area contributed by atoms with Crippen LogP contribution in [0.3, 0.4) is 0 Å². The molecule has 1 heterocycles. The molecule has 2 aromatic rings. The zero-order chi connectivity index (χ0) is 14.7. The van der Waals surface area contributed by atoms with Crippen molar-refractivity contribution in [2.45, 2.75) is 53.5 Å². The largest absolute Gasteiger partial charge is 0.383 e. The number of nitrogen functional groups attached to an aromatic ring is 1. The van der Waals surface area contributed by atoms with Gasteiger partial charge in [-0.2, -0.15) is 0 Å². The second kappa shape index (κ2) is 6.12. The molecule has 0 bridgehead atoms. The van der Waals surface area contributed by atoms with Crippen LogP contribution in [0.1, 0.15) is 43.6 Å². The molecule has 1 aromatic heterocycles. The second-order valence-corrected chi connectivity index (χ2v) is 5.46. The van der Waals surface area contributed by atoms with E-state index in [1.54, 1.807) is 0 Å². The van der Waals surface area contributed by atoms with E-state index in [-0.39, 0.29) is 0 Å². The minimum absolute atomic E-state index is 0.804. The van der Waals surface area contributed by atoms with Crippen molar-refractivity contribution < 1.29 is 0 Å². The number of aromatic nitrogens is 2. The van der Waals surface area contributed by atoms with Crippen molar-refractivity contribution in [3.63, 3.8) is 0 Å². The highest BCUT2D eigenvalue weighted by Crippen LogP contribution is 2.28. The molecule has 0 spiro atoms. The van der Waals surface area contributed by atoms with Gasteiger partial charge in [0.1, 0.15) is 17.3 Å². The summed E-state index contributed by atoms with van der Waals surface area (Å²) in [6, 6.07) is 6.44. The molecule has 3 heteroatoms. The summed E-state index contributed by atoms with van der Waals surface area (Å²) < 4.78 is 2.17. The van der Waals surface area contributed by atoms with Crippen LogP contribution in [0, 0.1) is 13.8 Å². The average molecular weight is 271 g/mol. The Morgan fingerprint density at radius 3 is 2.45 bits per heavy atom. The fourth-order valence-electron chi connectivity index (χ4n) is 2.50. The maximum atomic E-state index is 6.34. The number of benzene rings is 1. The number of nitrogens with two attached hydrogens (primary N) is 1. The molecule has 2 rings (SSSR count). The highest BCUT2D eigenvalue weighted by atomic mass is 15.1. The van der Waals surface area contributed by atoms with E-state index in [0.717, 1.165) is 48.7 Å². The van der Waals surface area contributed by atoms with Crippen LogP contribution in [-0.4, -0.2) is 9.55 Å². The van der Waals surface area contributed by atoms with Crippen LogP contribution >= 0.6 is 0 Å². The predicted octanol–water partition coefficient (Wildman–Crippen LogP) is 4.11. The van der Waals surface area contributed by atoms with Crippen molar-refractivity contribution in [1.29, 1.82) is 0 Å². The van der Waals surface area contributed by atoms with Crippen LogP contribution in [0.25, 0.3) is 11.3 Å². The summed E-state index contributed by atoms with van der Waals surface area (Å²) in [5, 5.41) is 0. The van der Waals surface area contributed by atoms with Gasteiger partial charge < -0.3 is 10.3 Å². The number of imidazole rings is 1. The third kappa shape index (κ3) is 2.72. The minimum Gasteiger partial charge on any atom is -0.383 e. The second-order valence-electron chi connectivity index (χ2n) is 5.46. The van der Waals surface area contributed by atoms with Crippen molar-refractivity contribution in [2.75, 3.05) is 5.73 Å². The Balaban J connectivity index is 2.50. The molecular formula is C17H25N3. The lowest BCUT2D eigenvalue weighted by molar-refractivity contribution is 0.637. The Morgan fingerprint density at radius 1 is 1.10 bits per heavy atom. The van der Waals surface area contributed by atoms with Gasteiger partial charge in [0.25, 0.3) is 0 Å². The molecule has 0 aliphatic heterocycles. The summed E-state index contributed by atoms with van der Waals surface area (Å²) in [7, 11) is 0. The van der Waals surface area contributed by atoms with Crippen molar-refractivity contribution in [3.05, 3.63) is 35.2 Å². The van der Waals surface area contributed by atoms with E-state index in [4.69, 9.17) is 10.7 Å². The van der Waals surface area contributed by atoms with E-state index in [0.29, 0.717) is 0 Å². The fraction of sp³-hybridized carbons (Fsp3) is 0.471. The van der Waals surface area contributed by atoms with Crippen molar-refractivity contribution >= 4 is 5.82 Å². The van der Waals surface area contributed by atoms with Gasteiger partial charge in [-0.15, -0.1) is 0 Å². The monoisotopic (exact) mass is 271 g/mol. The third-order valence-corrected chi connectivity index (χ3v) is 3.79. The van der Waals surface area contributed by atoms with Crippen LogP contribution in [-0.2, 0) is 13.0 Å². The van der Waals surface area contributed by atoms with E-state index in [1.165, 1.54) is 11.1 Å². The number of anilines is 1. The van der Waals surface area contributed by atoms with Gasteiger partial charge >= 0.3 is 0 Å². The van der Waals surface area contributed by atoms with Gasteiger partial charge in [0.2, 0.25) is 0 Å². The molecule has 0 saturated carbocycles. The number of hydrogen-bond donors (Lipinski definition) is 1. The molecule has 0 aliphatic carbocycles. The standard InChI is InChI=1S/C17H25N3/c1-5-7-15-19-16(17(18)20(15)10-6-2)14-9-8-12(3)13(4)11-14/h8-9,11H,5-7,10,18H2,1-4H3. The van der Waals surface area contributed by atoms with Gasteiger partial charge in [-0.3, -0.25) is 0 Å². The normalized spacial score (nSPS) is 11.0. The van der Waals surface area contributed by atoms with Gasteiger partial charge in [0.05, 0.1) is 0 Å². The van der Waals surface area contributed by atoms with Gasteiger partial charge in [-0.1, -0.05) is 26.0 Å². The summed E-state index contributed by atoms with van der Waals surface area (Å²) in [5.41, 5.74) is 11.0. The number of hydrogen-bond acceptors (Lipinski definition) is 2. The summed E-state index contributed by atoms with van der Waals surface area (Å²) in [6.45, 7) is 9.55. The maximum Gasteiger partial charge on any atom is 0.131 e. The molecule has 20 heavy (non-hydrogen) atoms.